The Hall–Kier alpha value is -3.28. The number of hydrogen-bond donors (Lipinski definition) is 2. The highest BCUT2D eigenvalue weighted by Gasteiger charge is 2.11. The van der Waals surface area contributed by atoms with E-state index in [1.807, 2.05) is 51.1 Å². The number of amides is 1. The van der Waals surface area contributed by atoms with Gasteiger partial charge in [-0.15, -0.1) is 0 Å². The number of benzene rings is 1. The molecule has 26 heavy (non-hydrogen) atoms. The monoisotopic (exact) mass is 347 g/mol. The molecule has 0 aliphatic carbocycles. The molecule has 6 heteroatoms. The minimum Gasteiger partial charge on any atom is -0.350 e. The molecule has 0 fully saturated rings. The standard InChI is InChI=1S/C20H21N5O/c1-13-6-7-17(9-14(13)2)24-19(26)18-10-15(3)23-20(25-18)22-12-16-5-4-8-21-11-16/h4-11H,12H2,1-3H3,(H,24,26)(H,22,23,25). The minimum absolute atomic E-state index is 0.261. The van der Waals surface area contributed by atoms with Crippen molar-refractivity contribution in [1.82, 2.24) is 15.0 Å². The van der Waals surface area contributed by atoms with Gasteiger partial charge in [0.15, 0.2) is 0 Å². The van der Waals surface area contributed by atoms with Gasteiger partial charge < -0.3 is 10.6 Å². The average Bonchev–Trinajstić information content (AvgIpc) is 2.63. The summed E-state index contributed by atoms with van der Waals surface area (Å²) in [5, 5.41) is 6.02. The van der Waals surface area contributed by atoms with Crippen LogP contribution >= 0.6 is 0 Å². The zero-order valence-corrected chi connectivity index (χ0v) is 15.1. The van der Waals surface area contributed by atoms with Crippen LogP contribution < -0.4 is 10.6 Å². The Kier molecular flexibility index (Phi) is 5.22. The summed E-state index contributed by atoms with van der Waals surface area (Å²) in [6.07, 6.45) is 3.50. The molecule has 0 aliphatic rings. The Bertz CT molecular complexity index is 925. The van der Waals surface area contributed by atoms with Gasteiger partial charge >= 0.3 is 0 Å². The minimum atomic E-state index is -0.261. The molecule has 1 aromatic carbocycles. The number of nitrogens with zero attached hydrogens (tertiary/aromatic N) is 3. The number of rotatable bonds is 5. The zero-order chi connectivity index (χ0) is 18.5. The molecule has 6 nitrogen and oxygen atoms in total. The molecule has 2 N–H and O–H groups in total. The summed E-state index contributed by atoms with van der Waals surface area (Å²) in [5.41, 5.74) is 5.12. The number of nitrogens with one attached hydrogen (secondary N) is 2. The average molecular weight is 347 g/mol. The molecule has 0 radical (unpaired) electrons. The van der Waals surface area contributed by atoms with Crippen molar-refractivity contribution in [2.75, 3.05) is 10.6 Å². The van der Waals surface area contributed by atoms with Crippen LogP contribution in [0.4, 0.5) is 11.6 Å². The molecule has 3 rings (SSSR count). The van der Waals surface area contributed by atoms with Crippen LogP contribution in [0.3, 0.4) is 0 Å². The maximum Gasteiger partial charge on any atom is 0.274 e. The third kappa shape index (κ3) is 4.42. The number of hydrogen-bond acceptors (Lipinski definition) is 5. The van der Waals surface area contributed by atoms with Crippen molar-refractivity contribution >= 4 is 17.5 Å². The maximum absolute atomic E-state index is 12.5. The molecular weight excluding hydrogens is 326 g/mol. The van der Waals surface area contributed by atoms with Gasteiger partial charge in [0, 0.05) is 30.3 Å². The van der Waals surface area contributed by atoms with E-state index in [-0.39, 0.29) is 5.91 Å². The first-order valence-corrected chi connectivity index (χ1v) is 8.38. The lowest BCUT2D eigenvalue weighted by Gasteiger charge is -2.10. The Labute approximate surface area is 152 Å². The molecule has 0 unspecified atom stereocenters. The lowest BCUT2D eigenvalue weighted by atomic mass is 10.1. The lowest BCUT2D eigenvalue weighted by molar-refractivity contribution is 0.102. The molecule has 0 atom stereocenters. The smallest absolute Gasteiger partial charge is 0.274 e. The molecule has 0 saturated carbocycles. The van der Waals surface area contributed by atoms with Crippen molar-refractivity contribution in [2.24, 2.45) is 0 Å². The van der Waals surface area contributed by atoms with E-state index in [9.17, 15) is 4.79 Å². The number of anilines is 2. The number of carbonyl (C=O) groups is 1. The Balaban J connectivity index is 1.73. The van der Waals surface area contributed by atoms with Gasteiger partial charge in [0.25, 0.3) is 5.91 Å². The fraction of sp³-hybridized carbons (Fsp3) is 0.200. The summed E-state index contributed by atoms with van der Waals surface area (Å²) >= 11 is 0. The molecule has 3 aromatic rings. The number of aryl methyl sites for hydroxylation is 3. The molecule has 2 heterocycles. The second kappa shape index (κ2) is 7.74. The first-order chi connectivity index (χ1) is 12.5. The summed E-state index contributed by atoms with van der Waals surface area (Å²) in [6, 6.07) is 11.3. The van der Waals surface area contributed by atoms with Crippen molar-refractivity contribution in [3.05, 3.63) is 76.9 Å². The molecule has 1 amide bonds. The summed E-state index contributed by atoms with van der Waals surface area (Å²) in [6.45, 7) is 6.43. The van der Waals surface area contributed by atoms with Gasteiger partial charge in [-0.25, -0.2) is 9.97 Å². The van der Waals surface area contributed by atoms with E-state index in [2.05, 4.69) is 25.6 Å². The van der Waals surface area contributed by atoms with Crippen LogP contribution in [0.25, 0.3) is 0 Å². The molecule has 0 aliphatic heterocycles. The van der Waals surface area contributed by atoms with E-state index in [0.29, 0.717) is 18.2 Å². The highest BCUT2D eigenvalue weighted by molar-refractivity contribution is 6.03. The number of pyridine rings is 1. The van der Waals surface area contributed by atoms with Crippen molar-refractivity contribution in [3.8, 4) is 0 Å². The van der Waals surface area contributed by atoms with E-state index in [4.69, 9.17) is 0 Å². The van der Waals surface area contributed by atoms with Gasteiger partial charge in [-0.2, -0.15) is 0 Å². The van der Waals surface area contributed by atoms with Crippen LogP contribution in [0, 0.1) is 20.8 Å². The second-order valence-electron chi connectivity index (χ2n) is 6.19. The predicted molar refractivity (Wildman–Crippen MR) is 102 cm³/mol. The van der Waals surface area contributed by atoms with E-state index in [1.54, 1.807) is 18.5 Å². The largest absolute Gasteiger partial charge is 0.350 e. The third-order valence-corrected chi connectivity index (χ3v) is 4.03. The van der Waals surface area contributed by atoms with Crippen LogP contribution in [0.15, 0.2) is 48.8 Å². The molecule has 2 aromatic heterocycles. The molecular formula is C20H21N5O. The third-order valence-electron chi connectivity index (χ3n) is 4.03. The highest BCUT2D eigenvalue weighted by Crippen LogP contribution is 2.15. The first-order valence-electron chi connectivity index (χ1n) is 8.38. The van der Waals surface area contributed by atoms with Crippen molar-refractivity contribution in [2.45, 2.75) is 27.3 Å². The fourth-order valence-electron chi connectivity index (χ4n) is 2.46. The predicted octanol–water partition coefficient (Wildman–Crippen LogP) is 3.66. The summed E-state index contributed by atoms with van der Waals surface area (Å²) in [7, 11) is 0. The molecule has 0 bridgehead atoms. The van der Waals surface area contributed by atoms with Gasteiger partial charge in [0.05, 0.1) is 0 Å². The van der Waals surface area contributed by atoms with Crippen LogP contribution in [0.2, 0.25) is 0 Å². The lowest BCUT2D eigenvalue weighted by Crippen LogP contribution is -2.16. The summed E-state index contributed by atoms with van der Waals surface area (Å²) < 4.78 is 0. The Morgan fingerprint density at radius 2 is 1.88 bits per heavy atom. The number of aromatic nitrogens is 3. The summed E-state index contributed by atoms with van der Waals surface area (Å²) in [5.74, 6) is 0.155. The molecule has 132 valence electrons. The van der Waals surface area contributed by atoms with Crippen LogP contribution in [-0.4, -0.2) is 20.9 Å². The Morgan fingerprint density at radius 3 is 2.62 bits per heavy atom. The van der Waals surface area contributed by atoms with E-state index in [1.165, 1.54) is 5.56 Å². The highest BCUT2D eigenvalue weighted by atomic mass is 16.1. The van der Waals surface area contributed by atoms with Gasteiger partial charge in [0.1, 0.15) is 5.69 Å². The zero-order valence-electron chi connectivity index (χ0n) is 15.1. The van der Waals surface area contributed by atoms with Gasteiger partial charge in [-0.3, -0.25) is 9.78 Å². The van der Waals surface area contributed by atoms with Gasteiger partial charge in [0.2, 0.25) is 5.95 Å². The second-order valence-corrected chi connectivity index (χ2v) is 6.19. The van der Waals surface area contributed by atoms with E-state index >= 15 is 0 Å². The van der Waals surface area contributed by atoms with Crippen molar-refractivity contribution in [3.63, 3.8) is 0 Å². The maximum atomic E-state index is 12.5. The van der Waals surface area contributed by atoms with Crippen LogP contribution in [0.1, 0.15) is 32.9 Å². The number of carbonyl (C=O) groups excluding carboxylic acids is 1. The summed E-state index contributed by atoms with van der Waals surface area (Å²) in [4.78, 5) is 25.3. The molecule has 0 spiro atoms. The quantitative estimate of drug-likeness (QED) is 0.736. The molecule has 0 saturated heterocycles. The van der Waals surface area contributed by atoms with Crippen molar-refractivity contribution < 1.29 is 4.79 Å². The van der Waals surface area contributed by atoms with Gasteiger partial charge in [-0.1, -0.05) is 12.1 Å². The van der Waals surface area contributed by atoms with Crippen molar-refractivity contribution in [1.29, 1.82) is 0 Å². The fourth-order valence-corrected chi connectivity index (χ4v) is 2.46. The van der Waals surface area contributed by atoms with E-state index < -0.39 is 0 Å². The normalized spacial score (nSPS) is 10.4. The Morgan fingerprint density at radius 1 is 1.04 bits per heavy atom. The van der Waals surface area contributed by atoms with Gasteiger partial charge in [-0.05, 0) is 61.7 Å². The van der Waals surface area contributed by atoms with E-state index in [0.717, 1.165) is 22.5 Å². The first kappa shape index (κ1) is 17.5. The topological polar surface area (TPSA) is 79.8 Å². The van der Waals surface area contributed by atoms with Crippen LogP contribution in [0.5, 0.6) is 0 Å². The van der Waals surface area contributed by atoms with Crippen LogP contribution in [-0.2, 0) is 6.54 Å². The SMILES string of the molecule is Cc1cc(C(=O)Nc2ccc(C)c(C)c2)nc(NCc2cccnc2)n1.